The first-order chi connectivity index (χ1) is 13.8. The van der Waals surface area contributed by atoms with Crippen LogP contribution in [-0.2, 0) is 4.79 Å². The summed E-state index contributed by atoms with van der Waals surface area (Å²) in [5, 5.41) is 0. The summed E-state index contributed by atoms with van der Waals surface area (Å²) in [5.74, 6) is 1.19. The molecule has 154 valence electrons. The highest BCUT2D eigenvalue weighted by atomic mass is 16.6. The number of hydrazine groups is 1. The summed E-state index contributed by atoms with van der Waals surface area (Å²) in [4.78, 5) is 24.7. The quantitative estimate of drug-likeness (QED) is 0.756. The second-order valence-electron chi connectivity index (χ2n) is 7.24. The predicted molar refractivity (Wildman–Crippen MR) is 108 cm³/mol. The molecule has 1 heterocycles. The highest BCUT2D eigenvalue weighted by Gasteiger charge is 2.19. The van der Waals surface area contributed by atoms with Crippen LogP contribution in [0.15, 0.2) is 36.4 Å². The van der Waals surface area contributed by atoms with Crippen LogP contribution in [0.2, 0.25) is 0 Å². The monoisotopic (exact) mass is 398 g/mol. The lowest BCUT2D eigenvalue weighted by Crippen LogP contribution is -2.47. The van der Waals surface area contributed by atoms with Crippen molar-refractivity contribution in [1.82, 2.24) is 10.9 Å². The SMILES string of the molecule is Cc1ccc(C(C)C)cc1OC(C)C(=O)NNC(=O)c1ccc2c(c1)OCCO2. The Morgan fingerprint density at radius 3 is 2.41 bits per heavy atom. The Morgan fingerprint density at radius 1 is 0.966 bits per heavy atom. The fourth-order valence-electron chi connectivity index (χ4n) is 2.82. The molecule has 1 aliphatic heterocycles. The zero-order valence-corrected chi connectivity index (χ0v) is 17.1. The molecule has 0 aromatic heterocycles. The molecule has 0 spiro atoms. The molecule has 29 heavy (non-hydrogen) atoms. The number of carbonyl (C=O) groups excluding carboxylic acids is 2. The van der Waals surface area contributed by atoms with Gasteiger partial charge in [-0.05, 0) is 55.2 Å². The summed E-state index contributed by atoms with van der Waals surface area (Å²) < 4.78 is 16.7. The minimum atomic E-state index is -0.781. The second kappa shape index (κ2) is 8.86. The van der Waals surface area contributed by atoms with Gasteiger partial charge in [-0.2, -0.15) is 0 Å². The van der Waals surface area contributed by atoms with Gasteiger partial charge in [0.2, 0.25) is 0 Å². The van der Waals surface area contributed by atoms with E-state index in [0.29, 0.717) is 41.9 Å². The molecule has 0 saturated carbocycles. The van der Waals surface area contributed by atoms with Crippen LogP contribution in [0.1, 0.15) is 48.2 Å². The first kappa shape index (κ1) is 20.5. The van der Waals surface area contributed by atoms with E-state index in [2.05, 4.69) is 24.7 Å². The van der Waals surface area contributed by atoms with E-state index < -0.39 is 17.9 Å². The Labute approximate surface area is 170 Å². The Bertz CT molecular complexity index is 910. The van der Waals surface area contributed by atoms with Crippen LogP contribution in [-0.4, -0.2) is 31.1 Å². The number of carbonyl (C=O) groups is 2. The first-order valence-corrected chi connectivity index (χ1v) is 9.62. The lowest BCUT2D eigenvalue weighted by molar-refractivity contribution is -0.128. The molecule has 2 aromatic carbocycles. The molecule has 7 nitrogen and oxygen atoms in total. The number of aryl methyl sites for hydroxylation is 1. The van der Waals surface area contributed by atoms with Gasteiger partial charge in [-0.3, -0.25) is 20.4 Å². The third-order valence-electron chi connectivity index (χ3n) is 4.66. The van der Waals surface area contributed by atoms with Crippen molar-refractivity contribution in [2.24, 2.45) is 0 Å². The molecule has 2 aromatic rings. The van der Waals surface area contributed by atoms with E-state index in [1.54, 1.807) is 25.1 Å². The van der Waals surface area contributed by atoms with Gasteiger partial charge in [-0.25, -0.2) is 0 Å². The molecular formula is C22H26N2O5. The fourth-order valence-corrected chi connectivity index (χ4v) is 2.82. The van der Waals surface area contributed by atoms with Gasteiger partial charge in [0, 0.05) is 5.56 Å². The van der Waals surface area contributed by atoms with Gasteiger partial charge in [0.25, 0.3) is 11.8 Å². The van der Waals surface area contributed by atoms with Crippen molar-refractivity contribution < 1.29 is 23.8 Å². The minimum Gasteiger partial charge on any atom is -0.486 e. The first-order valence-electron chi connectivity index (χ1n) is 9.62. The molecule has 0 fully saturated rings. The summed E-state index contributed by atoms with van der Waals surface area (Å²) in [6, 6.07) is 10.8. The van der Waals surface area contributed by atoms with Crippen LogP contribution in [0.4, 0.5) is 0 Å². The molecule has 0 radical (unpaired) electrons. The van der Waals surface area contributed by atoms with Gasteiger partial charge < -0.3 is 14.2 Å². The molecule has 0 saturated heterocycles. The van der Waals surface area contributed by atoms with Gasteiger partial charge in [0.1, 0.15) is 19.0 Å². The summed E-state index contributed by atoms with van der Waals surface area (Å²) in [7, 11) is 0. The van der Waals surface area contributed by atoms with Crippen LogP contribution in [0.25, 0.3) is 0 Å². The van der Waals surface area contributed by atoms with E-state index in [9.17, 15) is 9.59 Å². The number of amides is 2. The maximum absolute atomic E-state index is 12.4. The van der Waals surface area contributed by atoms with E-state index >= 15 is 0 Å². The van der Waals surface area contributed by atoms with Gasteiger partial charge in [-0.15, -0.1) is 0 Å². The molecule has 7 heteroatoms. The van der Waals surface area contributed by atoms with Crippen LogP contribution < -0.4 is 25.1 Å². The Morgan fingerprint density at radius 2 is 1.69 bits per heavy atom. The zero-order chi connectivity index (χ0) is 21.0. The smallest absolute Gasteiger partial charge is 0.279 e. The molecule has 0 bridgehead atoms. The highest BCUT2D eigenvalue weighted by Crippen LogP contribution is 2.30. The summed E-state index contributed by atoms with van der Waals surface area (Å²) in [5.41, 5.74) is 7.22. The van der Waals surface area contributed by atoms with Gasteiger partial charge in [0.05, 0.1) is 0 Å². The van der Waals surface area contributed by atoms with E-state index in [1.807, 2.05) is 25.1 Å². The Hall–Kier alpha value is -3.22. The number of hydrogen-bond acceptors (Lipinski definition) is 5. The van der Waals surface area contributed by atoms with Crippen molar-refractivity contribution in [3.05, 3.63) is 53.1 Å². The van der Waals surface area contributed by atoms with Crippen LogP contribution in [0, 0.1) is 6.92 Å². The van der Waals surface area contributed by atoms with E-state index in [4.69, 9.17) is 14.2 Å². The lowest BCUT2D eigenvalue weighted by atomic mass is 10.0. The molecule has 3 rings (SSSR count). The number of ether oxygens (including phenoxy) is 3. The molecule has 0 aliphatic carbocycles. The van der Waals surface area contributed by atoms with Crippen LogP contribution in [0.5, 0.6) is 17.2 Å². The topological polar surface area (TPSA) is 85.9 Å². The summed E-state index contributed by atoms with van der Waals surface area (Å²) >= 11 is 0. The maximum Gasteiger partial charge on any atom is 0.279 e. The number of rotatable bonds is 5. The molecule has 2 amide bonds. The number of hydrogen-bond donors (Lipinski definition) is 2. The third-order valence-corrected chi connectivity index (χ3v) is 4.66. The number of nitrogens with one attached hydrogen (secondary N) is 2. The third kappa shape index (κ3) is 4.99. The predicted octanol–water partition coefficient (Wildman–Crippen LogP) is 3.12. The second-order valence-corrected chi connectivity index (χ2v) is 7.24. The van der Waals surface area contributed by atoms with E-state index in [1.165, 1.54) is 0 Å². The van der Waals surface area contributed by atoms with Crippen LogP contribution >= 0.6 is 0 Å². The highest BCUT2D eigenvalue weighted by molar-refractivity contribution is 5.96. The van der Waals surface area contributed by atoms with E-state index in [-0.39, 0.29) is 0 Å². The molecule has 1 aliphatic rings. The zero-order valence-electron chi connectivity index (χ0n) is 17.1. The maximum atomic E-state index is 12.4. The Kier molecular flexibility index (Phi) is 6.26. The van der Waals surface area contributed by atoms with Crippen molar-refractivity contribution >= 4 is 11.8 Å². The van der Waals surface area contributed by atoms with Crippen molar-refractivity contribution in [1.29, 1.82) is 0 Å². The number of fused-ring (bicyclic) bond motifs is 1. The summed E-state index contributed by atoms with van der Waals surface area (Å²) in [6.07, 6.45) is -0.781. The van der Waals surface area contributed by atoms with E-state index in [0.717, 1.165) is 11.1 Å². The average molecular weight is 398 g/mol. The van der Waals surface area contributed by atoms with Crippen molar-refractivity contribution in [2.75, 3.05) is 13.2 Å². The molecule has 1 atom stereocenters. The van der Waals surface area contributed by atoms with Crippen molar-refractivity contribution in [3.63, 3.8) is 0 Å². The largest absolute Gasteiger partial charge is 0.486 e. The van der Waals surface area contributed by atoms with Gasteiger partial charge in [-0.1, -0.05) is 26.0 Å². The molecule has 2 N–H and O–H groups in total. The van der Waals surface area contributed by atoms with Gasteiger partial charge in [0.15, 0.2) is 17.6 Å². The lowest BCUT2D eigenvalue weighted by Gasteiger charge is -2.19. The van der Waals surface area contributed by atoms with Crippen LogP contribution in [0.3, 0.4) is 0 Å². The van der Waals surface area contributed by atoms with Gasteiger partial charge >= 0.3 is 0 Å². The Balaban J connectivity index is 1.57. The minimum absolute atomic E-state index is 0.351. The average Bonchev–Trinajstić information content (AvgIpc) is 2.72. The summed E-state index contributed by atoms with van der Waals surface area (Å²) in [6.45, 7) is 8.66. The van der Waals surface area contributed by atoms with Crippen molar-refractivity contribution in [3.8, 4) is 17.2 Å². The van der Waals surface area contributed by atoms with Crippen molar-refractivity contribution in [2.45, 2.75) is 39.7 Å². The number of benzene rings is 2. The standard InChI is InChI=1S/C22H26N2O5/c1-13(2)16-6-5-14(3)19(11-16)29-15(4)21(25)23-24-22(26)17-7-8-18-20(12-17)28-10-9-27-18/h5-8,11-13,15H,9-10H2,1-4H3,(H,23,25)(H,24,26). The molecular weight excluding hydrogens is 372 g/mol. The normalized spacial score (nSPS) is 13.6. The molecule has 1 unspecified atom stereocenters. The fraction of sp³-hybridized carbons (Fsp3) is 0.364.